The van der Waals surface area contributed by atoms with Gasteiger partial charge >= 0.3 is 5.97 Å². The molecule has 0 saturated heterocycles. The van der Waals surface area contributed by atoms with Crippen LogP contribution in [0.3, 0.4) is 0 Å². The maximum Gasteiger partial charge on any atom is 0.344 e. The number of carbonyl (C=O) groups excluding carboxylic acids is 2. The number of esters is 1. The normalized spacial score (nSPS) is 11.8. The molecule has 1 amide bonds. The molecule has 0 aliphatic carbocycles. The topological polar surface area (TPSA) is 78.6 Å². The molecule has 5 nitrogen and oxygen atoms in total. The van der Waals surface area contributed by atoms with Crippen LogP contribution in [0.5, 0.6) is 5.75 Å². The van der Waals surface area contributed by atoms with Crippen molar-refractivity contribution >= 4 is 11.9 Å². The van der Waals surface area contributed by atoms with E-state index in [1.807, 2.05) is 32.9 Å². The quantitative estimate of drug-likeness (QED) is 0.816. The molecule has 1 atom stereocenters. The van der Waals surface area contributed by atoms with Gasteiger partial charge in [0, 0.05) is 0 Å². The van der Waals surface area contributed by atoms with Crippen molar-refractivity contribution in [1.29, 1.82) is 0 Å². The third kappa shape index (κ3) is 4.28. The lowest BCUT2D eigenvalue weighted by Gasteiger charge is -2.14. The lowest BCUT2D eigenvalue weighted by atomic mass is 10.1. The summed E-state index contributed by atoms with van der Waals surface area (Å²) in [4.78, 5) is 22.2. The molecule has 1 rings (SSSR count). The van der Waals surface area contributed by atoms with E-state index >= 15 is 0 Å². The fourth-order valence-corrected chi connectivity index (χ4v) is 1.81. The number of ether oxygens (including phenoxy) is 2. The van der Waals surface area contributed by atoms with Gasteiger partial charge in [0.2, 0.25) is 0 Å². The molecule has 0 aliphatic rings. The number of carbonyl (C=O) groups is 2. The Morgan fingerprint density at radius 1 is 1.21 bits per heavy atom. The number of hydrogen-bond donors (Lipinski definition) is 1. The Hall–Kier alpha value is -2.04. The lowest BCUT2D eigenvalue weighted by Crippen LogP contribution is -2.32. The van der Waals surface area contributed by atoms with Crippen molar-refractivity contribution < 1.29 is 19.1 Å². The third-order valence-corrected chi connectivity index (χ3v) is 2.65. The summed E-state index contributed by atoms with van der Waals surface area (Å²) in [5.74, 6) is -0.643. The van der Waals surface area contributed by atoms with Crippen LogP contribution in [0.2, 0.25) is 0 Å². The molecule has 0 spiro atoms. The zero-order chi connectivity index (χ0) is 14.6. The van der Waals surface area contributed by atoms with Crippen LogP contribution in [0.25, 0.3) is 0 Å². The maximum atomic E-state index is 11.5. The van der Waals surface area contributed by atoms with Crippen LogP contribution in [0, 0.1) is 20.8 Å². The first-order chi connectivity index (χ1) is 8.81. The van der Waals surface area contributed by atoms with Gasteiger partial charge in [-0.3, -0.25) is 4.79 Å². The van der Waals surface area contributed by atoms with E-state index in [0.29, 0.717) is 5.75 Å². The molecule has 0 radical (unpaired) electrons. The van der Waals surface area contributed by atoms with E-state index in [4.69, 9.17) is 15.2 Å². The first-order valence-corrected chi connectivity index (χ1v) is 6.00. The highest BCUT2D eigenvalue weighted by molar-refractivity contribution is 5.82. The molecule has 1 aromatic rings. The van der Waals surface area contributed by atoms with Gasteiger partial charge in [-0.15, -0.1) is 0 Å². The fourth-order valence-electron chi connectivity index (χ4n) is 1.81. The third-order valence-electron chi connectivity index (χ3n) is 2.65. The van der Waals surface area contributed by atoms with Gasteiger partial charge in [0.05, 0.1) is 0 Å². The SMILES string of the molecule is Cc1cc(C)c(OCC(=O)O[C@H](C)C(N)=O)c(C)c1. The van der Waals surface area contributed by atoms with E-state index in [2.05, 4.69) is 0 Å². The summed E-state index contributed by atoms with van der Waals surface area (Å²) in [6.07, 6.45) is -0.948. The van der Waals surface area contributed by atoms with Crippen LogP contribution in [0.4, 0.5) is 0 Å². The average Bonchev–Trinajstić information content (AvgIpc) is 2.27. The predicted molar refractivity (Wildman–Crippen MR) is 70.9 cm³/mol. The van der Waals surface area contributed by atoms with E-state index < -0.39 is 18.0 Å². The molecular formula is C14H19NO4. The molecule has 5 heteroatoms. The first kappa shape index (κ1) is 15.0. The van der Waals surface area contributed by atoms with Crippen molar-refractivity contribution in [3.63, 3.8) is 0 Å². The van der Waals surface area contributed by atoms with Crippen LogP contribution < -0.4 is 10.5 Å². The summed E-state index contributed by atoms with van der Waals surface area (Å²) >= 11 is 0. The zero-order valence-corrected chi connectivity index (χ0v) is 11.6. The van der Waals surface area contributed by atoms with Gasteiger partial charge in [-0.1, -0.05) is 17.7 Å². The van der Waals surface area contributed by atoms with Gasteiger partial charge in [-0.2, -0.15) is 0 Å². The smallest absolute Gasteiger partial charge is 0.344 e. The van der Waals surface area contributed by atoms with Crippen molar-refractivity contribution in [1.82, 2.24) is 0 Å². The Bertz CT molecular complexity index is 473. The highest BCUT2D eigenvalue weighted by Gasteiger charge is 2.15. The summed E-state index contributed by atoms with van der Waals surface area (Å²) in [6.45, 7) is 6.98. The molecule has 0 unspecified atom stereocenters. The Labute approximate surface area is 112 Å². The van der Waals surface area contributed by atoms with Crippen LogP contribution in [0.1, 0.15) is 23.6 Å². The number of hydrogen-bond acceptors (Lipinski definition) is 4. The summed E-state index contributed by atoms with van der Waals surface area (Å²) in [5, 5.41) is 0. The lowest BCUT2D eigenvalue weighted by molar-refractivity contribution is -0.155. The van der Waals surface area contributed by atoms with Crippen molar-refractivity contribution in [2.75, 3.05) is 6.61 Å². The number of amides is 1. The second-order valence-corrected chi connectivity index (χ2v) is 4.55. The zero-order valence-electron chi connectivity index (χ0n) is 11.6. The summed E-state index contributed by atoms with van der Waals surface area (Å²) < 4.78 is 10.2. The minimum atomic E-state index is -0.948. The van der Waals surface area contributed by atoms with Gasteiger partial charge in [-0.05, 0) is 38.8 Å². The highest BCUT2D eigenvalue weighted by atomic mass is 16.6. The first-order valence-electron chi connectivity index (χ1n) is 6.00. The number of benzene rings is 1. The fraction of sp³-hybridized carbons (Fsp3) is 0.429. The van der Waals surface area contributed by atoms with E-state index in [1.165, 1.54) is 6.92 Å². The number of primary amides is 1. The van der Waals surface area contributed by atoms with Gasteiger partial charge in [0.15, 0.2) is 12.7 Å². The Morgan fingerprint density at radius 3 is 2.21 bits per heavy atom. The molecule has 0 heterocycles. The molecule has 2 N–H and O–H groups in total. The maximum absolute atomic E-state index is 11.5. The van der Waals surface area contributed by atoms with Crippen molar-refractivity contribution in [3.05, 3.63) is 28.8 Å². The number of rotatable bonds is 5. The molecule has 0 bridgehead atoms. The van der Waals surface area contributed by atoms with Gasteiger partial charge in [0.25, 0.3) is 5.91 Å². The molecule has 19 heavy (non-hydrogen) atoms. The van der Waals surface area contributed by atoms with E-state index in [9.17, 15) is 9.59 Å². The molecule has 1 aromatic carbocycles. The van der Waals surface area contributed by atoms with E-state index in [-0.39, 0.29) is 6.61 Å². The molecule has 0 fully saturated rings. The van der Waals surface area contributed by atoms with Crippen LogP contribution >= 0.6 is 0 Å². The number of nitrogens with two attached hydrogens (primary N) is 1. The summed E-state index contributed by atoms with van der Waals surface area (Å²) in [6, 6.07) is 3.94. The number of aryl methyl sites for hydroxylation is 3. The minimum Gasteiger partial charge on any atom is -0.481 e. The second kappa shape index (κ2) is 6.22. The highest BCUT2D eigenvalue weighted by Crippen LogP contribution is 2.24. The van der Waals surface area contributed by atoms with Gasteiger partial charge in [-0.25, -0.2) is 4.79 Å². The standard InChI is InChI=1S/C14H19NO4/c1-8-5-9(2)13(10(3)6-8)18-7-12(16)19-11(4)14(15)17/h5-6,11H,7H2,1-4H3,(H2,15,17)/t11-/m1/s1. The monoisotopic (exact) mass is 265 g/mol. The van der Waals surface area contributed by atoms with Crippen LogP contribution in [-0.4, -0.2) is 24.6 Å². The van der Waals surface area contributed by atoms with Crippen LogP contribution in [-0.2, 0) is 14.3 Å². The molecular weight excluding hydrogens is 246 g/mol. The van der Waals surface area contributed by atoms with E-state index in [0.717, 1.165) is 16.7 Å². The molecule has 0 aromatic heterocycles. The van der Waals surface area contributed by atoms with Gasteiger partial charge < -0.3 is 15.2 Å². The van der Waals surface area contributed by atoms with E-state index in [1.54, 1.807) is 0 Å². The Morgan fingerprint density at radius 2 is 1.74 bits per heavy atom. The van der Waals surface area contributed by atoms with Crippen molar-refractivity contribution in [2.24, 2.45) is 5.73 Å². The summed E-state index contributed by atoms with van der Waals surface area (Å²) in [7, 11) is 0. The average molecular weight is 265 g/mol. The van der Waals surface area contributed by atoms with Crippen molar-refractivity contribution in [2.45, 2.75) is 33.8 Å². The molecule has 0 aliphatic heterocycles. The molecule has 104 valence electrons. The summed E-state index contributed by atoms with van der Waals surface area (Å²) in [5.41, 5.74) is 8.04. The predicted octanol–water partition coefficient (Wildman–Crippen LogP) is 1.41. The largest absolute Gasteiger partial charge is 0.481 e. The van der Waals surface area contributed by atoms with Crippen LogP contribution in [0.15, 0.2) is 12.1 Å². The minimum absolute atomic E-state index is 0.248. The van der Waals surface area contributed by atoms with Crippen molar-refractivity contribution in [3.8, 4) is 5.75 Å². The Balaban J connectivity index is 2.63. The Kier molecular flexibility index (Phi) is 4.92. The van der Waals surface area contributed by atoms with Gasteiger partial charge in [0.1, 0.15) is 5.75 Å². The second-order valence-electron chi connectivity index (χ2n) is 4.55. The molecule has 0 saturated carbocycles.